The van der Waals surface area contributed by atoms with Gasteiger partial charge in [-0.2, -0.15) is 5.10 Å². The van der Waals surface area contributed by atoms with Crippen LogP contribution in [0, 0.1) is 0 Å². The molecular formula is C14H23N3O3. The van der Waals surface area contributed by atoms with Crippen LogP contribution in [0.1, 0.15) is 33.6 Å². The maximum Gasteiger partial charge on any atom is 0.410 e. The van der Waals surface area contributed by atoms with Crippen LogP contribution in [0.2, 0.25) is 0 Å². The molecule has 0 N–H and O–H groups in total. The number of carbonyl (C=O) groups excluding carboxylic acids is 1. The summed E-state index contributed by atoms with van der Waals surface area (Å²) in [6, 6.07) is 0. The molecule has 2 rings (SSSR count). The molecular weight excluding hydrogens is 258 g/mol. The van der Waals surface area contributed by atoms with E-state index in [1.54, 1.807) is 15.8 Å². The highest BCUT2D eigenvalue weighted by Gasteiger charge is 2.28. The number of rotatable bonds is 2. The zero-order chi connectivity index (χ0) is 14.8. The zero-order valence-electron chi connectivity index (χ0n) is 12.6. The van der Waals surface area contributed by atoms with Gasteiger partial charge < -0.3 is 14.4 Å². The normalized spacial score (nSPS) is 19.8. The van der Waals surface area contributed by atoms with E-state index in [2.05, 4.69) is 5.10 Å². The van der Waals surface area contributed by atoms with E-state index in [0.29, 0.717) is 6.54 Å². The second kappa shape index (κ2) is 5.73. The van der Waals surface area contributed by atoms with Crippen LogP contribution in [0.25, 0.3) is 0 Å². The third-order valence-electron chi connectivity index (χ3n) is 3.01. The topological polar surface area (TPSA) is 56.6 Å². The van der Waals surface area contributed by atoms with Crippen molar-refractivity contribution in [3.63, 3.8) is 0 Å². The van der Waals surface area contributed by atoms with Crippen molar-refractivity contribution in [2.75, 3.05) is 13.1 Å². The van der Waals surface area contributed by atoms with Crippen LogP contribution in [-0.2, 0) is 11.8 Å². The summed E-state index contributed by atoms with van der Waals surface area (Å²) in [6.45, 7) is 6.90. The fraction of sp³-hybridized carbons (Fsp3) is 0.714. The maximum atomic E-state index is 12.0. The van der Waals surface area contributed by atoms with Gasteiger partial charge in [0.25, 0.3) is 0 Å². The lowest BCUT2D eigenvalue weighted by Crippen LogP contribution is -2.46. The van der Waals surface area contributed by atoms with Crippen molar-refractivity contribution in [2.45, 2.75) is 45.3 Å². The number of likely N-dealkylation sites (tertiary alicyclic amines) is 1. The van der Waals surface area contributed by atoms with Crippen LogP contribution in [-0.4, -0.2) is 45.6 Å². The molecule has 20 heavy (non-hydrogen) atoms. The van der Waals surface area contributed by atoms with Crippen LogP contribution in [0.15, 0.2) is 12.4 Å². The molecule has 0 bridgehead atoms. The third kappa shape index (κ3) is 4.15. The molecule has 0 aliphatic carbocycles. The van der Waals surface area contributed by atoms with E-state index in [1.807, 2.05) is 34.0 Å². The smallest absolute Gasteiger partial charge is 0.410 e. The summed E-state index contributed by atoms with van der Waals surface area (Å²) in [4.78, 5) is 13.8. The van der Waals surface area contributed by atoms with E-state index >= 15 is 0 Å². The summed E-state index contributed by atoms with van der Waals surface area (Å²) in [6.07, 6.45) is 5.11. The van der Waals surface area contributed by atoms with Crippen LogP contribution in [0.4, 0.5) is 4.79 Å². The van der Waals surface area contributed by atoms with Gasteiger partial charge in [-0.1, -0.05) is 0 Å². The molecule has 1 aromatic rings. The van der Waals surface area contributed by atoms with E-state index in [-0.39, 0.29) is 12.2 Å². The standard InChI is InChI=1S/C14H23N3O3/c1-14(2,3)20-13(18)17-7-5-6-11(10-17)19-12-8-15-16(4)9-12/h8-9,11H,5-7,10H2,1-4H3/t11-/m0/s1. The molecule has 6 nitrogen and oxygen atoms in total. The molecule has 1 atom stereocenters. The Balaban J connectivity index is 1.90. The molecule has 1 aliphatic rings. The Hall–Kier alpha value is -1.72. The molecule has 2 heterocycles. The summed E-state index contributed by atoms with van der Waals surface area (Å²) in [5, 5.41) is 4.07. The van der Waals surface area contributed by atoms with Crippen LogP contribution in [0.5, 0.6) is 5.75 Å². The molecule has 1 aliphatic heterocycles. The summed E-state index contributed by atoms with van der Waals surface area (Å²) in [7, 11) is 1.85. The number of hydrogen-bond donors (Lipinski definition) is 0. The highest BCUT2D eigenvalue weighted by atomic mass is 16.6. The zero-order valence-corrected chi connectivity index (χ0v) is 12.6. The van der Waals surface area contributed by atoms with Crippen molar-refractivity contribution in [3.05, 3.63) is 12.4 Å². The first-order valence-electron chi connectivity index (χ1n) is 6.97. The monoisotopic (exact) mass is 281 g/mol. The first kappa shape index (κ1) is 14.7. The summed E-state index contributed by atoms with van der Waals surface area (Å²) < 4.78 is 12.9. The quantitative estimate of drug-likeness (QED) is 0.834. The largest absolute Gasteiger partial charge is 0.485 e. The Bertz CT molecular complexity index is 464. The minimum atomic E-state index is -0.464. The molecule has 1 amide bonds. The molecule has 112 valence electrons. The molecule has 1 saturated heterocycles. The van der Waals surface area contributed by atoms with E-state index in [9.17, 15) is 4.79 Å². The predicted octanol–water partition coefficient (Wildman–Crippen LogP) is 2.20. The number of amides is 1. The number of hydrogen-bond acceptors (Lipinski definition) is 4. The van der Waals surface area contributed by atoms with Gasteiger partial charge in [0, 0.05) is 13.6 Å². The van der Waals surface area contributed by atoms with Crippen molar-refractivity contribution >= 4 is 6.09 Å². The van der Waals surface area contributed by atoms with E-state index < -0.39 is 5.60 Å². The van der Waals surface area contributed by atoms with E-state index in [1.165, 1.54) is 0 Å². The van der Waals surface area contributed by atoms with Crippen molar-refractivity contribution in [3.8, 4) is 5.75 Å². The molecule has 0 radical (unpaired) electrons. The van der Waals surface area contributed by atoms with Crippen molar-refractivity contribution < 1.29 is 14.3 Å². The Kier molecular flexibility index (Phi) is 4.20. The second-order valence-electron chi connectivity index (χ2n) is 6.16. The van der Waals surface area contributed by atoms with Gasteiger partial charge in [0.15, 0.2) is 5.75 Å². The van der Waals surface area contributed by atoms with Gasteiger partial charge in [-0.25, -0.2) is 4.79 Å². The average molecular weight is 281 g/mol. The fourth-order valence-corrected chi connectivity index (χ4v) is 2.18. The molecule has 0 spiro atoms. The number of carbonyl (C=O) groups is 1. The highest BCUT2D eigenvalue weighted by Crippen LogP contribution is 2.19. The minimum Gasteiger partial charge on any atom is -0.485 e. The summed E-state index contributed by atoms with van der Waals surface area (Å²) >= 11 is 0. The number of aryl methyl sites for hydroxylation is 1. The molecule has 1 aromatic heterocycles. The van der Waals surface area contributed by atoms with Crippen molar-refractivity contribution in [1.29, 1.82) is 0 Å². The minimum absolute atomic E-state index is 0.000434. The summed E-state index contributed by atoms with van der Waals surface area (Å²) in [5.41, 5.74) is -0.464. The second-order valence-corrected chi connectivity index (χ2v) is 6.16. The molecule has 0 aromatic carbocycles. The Morgan fingerprint density at radius 1 is 1.45 bits per heavy atom. The molecule has 1 fully saturated rings. The number of piperidine rings is 1. The highest BCUT2D eigenvalue weighted by molar-refractivity contribution is 5.68. The van der Waals surface area contributed by atoms with Crippen molar-refractivity contribution in [1.82, 2.24) is 14.7 Å². The Labute approximate surface area is 119 Å². The van der Waals surface area contributed by atoms with Crippen molar-refractivity contribution in [2.24, 2.45) is 7.05 Å². The first-order chi connectivity index (χ1) is 9.33. The SMILES string of the molecule is Cn1cc(O[C@H]2CCCN(C(=O)OC(C)(C)C)C2)cn1. The van der Waals surface area contributed by atoms with Gasteiger partial charge in [-0.3, -0.25) is 4.68 Å². The summed E-state index contributed by atoms with van der Waals surface area (Å²) in [5.74, 6) is 0.739. The van der Waals surface area contributed by atoms with Gasteiger partial charge in [-0.05, 0) is 33.6 Å². The predicted molar refractivity (Wildman–Crippen MR) is 74.7 cm³/mol. The first-order valence-corrected chi connectivity index (χ1v) is 6.97. The lowest BCUT2D eigenvalue weighted by Gasteiger charge is -2.33. The number of aromatic nitrogens is 2. The van der Waals surface area contributed by atoms with E-state index in [4.69, 9.17) is 9.47 Å². The number of nitrogens with zero attached hydrogens (tertiary/aromatic N) is 3. The Morgan fingerprint density at radius 3 is 2.80 bits per heavy atom. The van der Waals surface area contributed by atoms with Gasteiger partial charge in [0.1, 0.15) is 11.7 Å². The van der Waals surface area contributed by atoms with Crippen LogP contribution in [0.3, 0.4) is 0 Å². The molecule has 6 heteroatoms. The average Bonchev–Trinajstić information content (AvgIpc) is 2.73. The Morgan fingerprint density at radius 2 is 2.20 bits per heavy atom. The van der Waals surface area contributed by atoms with Crippen LogP contribution < -0.4 is 4.74 Å². The van der Waals surface area contributed by atoms with Gasteiger partial charge in [-0.15, -0.1) is 0 Å². The lowest BCUT2D eigenvalue weighted by molar-refractivity contribution is 0.00775. The maximum absolute atomic E-state index is 12.0. The molecule has 0 unspecified atom stereocenters. The third-order valence-corrected chi connectivity index (χ3v) is 3.01. The van der Waals surface area contributed by atoms with Crippen LogP contribution >= 0.6 is 0 Å². The van der Waals surface area contributed by atoms with Gasteiger partial charge >= 0.3 is 6.09 Å². The lowest BCUT2D eigenvalue weighted by atomic mass is 10.1. The van der Waals surface area contributed by atoms with Gasteiger partial charge in [0.2, 0.25) is 0 Å². The fourth-order valence-electron chi connectivity index (χ4n) is 2.18. The van der Waals surface area contributed by atoms with Gasteiger partial charge in [0.05, 0.1) is 18.9 Å². The van der Waals surface area contributed by atoms with E-state index in [0.717, 1.165) is 25.1 Å². The number of ether oxygens (including phenoxy) is 2. The molecule has 0 saturated carbocycles.